The normalized spacial score (nSPS) is 11.4. The van der Waals surface area contributed by atoms with Crippen LogP contribution in [0.3, 0.4) is 0 Å². The molecule has 4 aromatic rings. The van der Waals surface area contributed by atoms with E-state index in [0.29, 0.717) is 28.5 Å². The van der Waals surface area contributed by atoms with Crippen LogP contribution in [0.2, 0.25) is 0 Å². The van der Waals surface area contributed by atoms with Gasteiger partial charge < -0.3 is 10.1 Å². The molecule has 0 aliphatic heterocycles. The van der Waals surface area contributed by atoms with Gasteiger partial charge in [-0.05, 0) is 39.0 Å². The van der Waals surface area contributed by atoms with Gasteiger partial charge in [-0.15, -0.1) is 11.3 Å². The highest BCUT2D eigenvalue weighted by atomic mass is 32.2. The Bertz CT molecular complexity index is 1330. The number of fused-ring (bicyclic) bond motifs is 3. The van der Waals surface area contributed by atoms with E-state index in [2.05, 4.69) is 10.3 Å². The maximum Gasteiger partial charge on any atom is 0.272 e. The van der Waals surface area contributed by atoms with Gasteiger partial charge in [-0.1, -0.05) is 30.0 Å². The summed E-state index contributed by atoms with van der Waals surface area (Å²) in [6.07, 6.45) is 1.71. The monoisotopic (exact) mass is 468 g/mol. The molecule has 0 saturated heterocycles. The zero-order valence-electron chi connectivity index (χ0n) is 18.1. The second kappa shape index (κ2) is 9.70. The van der Waals surface area contributed by atoms with Gasteiger partial charge in [-0.25, -0.2) is 9.97 Å². The first-order valence-electron chi connectivity index (χ1n) is 10.4. The largest absolute Gasteiger partial charge is 0.494 e. The van der Waals surface area contributed by atoms with E-state index in [0.717, 1.165) is 21.5 Å². The summed E-state index contributed by atoms with van der Waals surface area (Å²) < 4.78 is 7.94. The van der Waals surface area contributed by atoms with Gasteiger partial charge in [0.1, 0.15) is 15.3 Å². The van der Waals surface area contributed by atoms with Crippen molar-refractivity contribution in [1.82, 2.24) is 19.9 Å². The molecule has 0 spiro atoms. The van der Waals surface area contributed by atoms with Gasteiger partial charge in [0, 0.05) is 23.2 Å². The molecule has 3 heterocycles. The van der Waals surface area contributed by atoms with Crippen LogP contribution in [0.5, 0.6) is 5.75 Å². The van der Waals surface area contributed by atoms with Crippen molar-refractivity contribution in [3.05, 3.63) is 58.5 Å². The second-order valence-electron chi connectivity index (χ2n) is 7.47. The number of hydrogen-bond donors (Lipinski definition) is 1. The lowest BCUT2D eigenvalue weighted by atomic mass is 10.2. The van der Waals surface area contributed by atoms with Gasteiger partial charge >= 0.3 is 0 Å². The van der Waals surface area contributed by atoms with Crippen LogP contribution in [0.4, 0.5) is 0 Å². The molecule has 9 heteroatoms. The molecule has 166 valence electrons. The minimum atomic E-state index is -0.143. The van der Waals surface area contributed by atoms with E-state index in [1.807, 2.05) is 57.2 Å². The Morgan fingerprint density at radius 3 is 2.84 bits per heavy atom. The zero-order chi connectivity index (χ0) is 22.7. The highest BCUT2D eigenvalue weighted by Gasteiger charge is 2.19. The standard InChI is InChI=1S/C23H24N4O3S2/c1-4-30-17-10-6-5-8-15(17)12-27-22(29)20-19(16-9-7-11-24-21(16)32-20)26-23(27)31-13-18(28)25-14(2)3/h5-11,14H,4,12-13H2,1-3H3,(H,25,28). The quantitative estimate of drug-likeness (QED) is 0.310. The first-order valence-corrected chi connectivity index (χ1v) is 12.2. The number of nitrogens with zero attached hydrogens (tertiary/aromatic N) is 3. The summed E-state index contributed by atoms with van der Waals surface area (Å²) in [6, 6.07) is 11.5. The maximum absolute atomic E-state index is 13.6. The fourth-order valence-electron chi connectivity index (χ4n) is 3.39. The Balaban J connectivity index is 1.82. The summed E-state index contributed by atoms with van der Waals surface area (Å²) in [5.74, 6) is 0.801. The zero-order valence-corrected chi connectivity index (χ0v) is 19.8. The Morgan fingerprint density at radius 2 is 2.06 bits per heavy atom. The molecule has 0 aliphatic carbocycles. The number of hydrogen-bond acceptors (Lipinski definition) is 7. The minimum Gasteiger partial charge on any atom is -0.494 e. The molecular weight excluding hydrogens is 444 g/mol. The number of pyridine rings is 1. The Hall–Kier alpha value is -2.91. The van der Waals surface area contributed by atoms with Gasteiger partial charge in [0.2, 0.25) is 5.91 Å². The molecule has 0 aliphatic rings. The Morgan fingerprint density at radius 1 is 1.25 bits per heavy atom. The van der Waals surface area contributed by atoms with Crippen LogP contribution < -0.4 is 15.6 Å². The van der Waals surface area contributed by atoms with E-state index < -0.39 is 0 Å². The number of carbonyl (C=O) groups excluding carboxylic acids is 1. The van der Waals surface area contributed by atoms with Gasteiger partial charge in [0.05, 0.1) is 24.4 Å². The van der Waals surface area contributed by atoms with Crippen molar-refractivity contribution < 1.29 is 9.53 Å². The topological polar surface area (TPSA) is 86.1 Å². The summed E-state index contributed by atoms with van der Waals surface area (Å²) >= 11 is 2.60. The van der Waals surface area contributed by atoms with Gasteiger partial charge in [0.15, 0.2) is 5.16 Å². The van der Waals surface area contributed by atoms with Crippen LogP contribution >= 0.6 is 23.1 Å². The molecule has 0 fully saturated rings. The first kappa shape index (κ1) is 22.3. The second-order valence-corrected chi connectivity index (χ2v) is 9.41. The van der Waals surface area contributed by atoms with Gasteiger partial charge in [-0.2, -0.15) is 0 Å². The summed E-state index contributed by atoms with van der Waals surface area (Å²) in [4.78, 5) is 35.8. The van der Waals surface area contributed by atoms with Crippen LogP contribution in [0.25, 0.3) is 20.4 Å². The molecule has 0 bridgehead atoms. The minimum absolute atomic E-state index is 0.0469. The highest BCUT2D eigenvalue weighted by Crippen LogP contribution is 2.31. The molecule has 32 heavy (non-hydrogen) atoms. The summed E-state index contributed by atoms with van der Waals surface area (Å²) in [7, 11) is 0. The Labute approximate surface area is 193 Å². The third-order valence-electron chi connectivity index (χ3n) is 4.70. The van der Waals surface area contributed by atoms with Crippen molar-refractivity contribution in [2.75, 3.05) is 12.4 Å². The molecule has 1 N–H and O–H groups in total. The number of thiophene rings is 1. The number of amides is 1. The van der Waals surface area contributed by atoms with Crippen LogP contribution in [-0.4, -0.2) is 38.8 Å². The molecule has 4 rings (SSSR count). The molecule has 1 aromatic carbocycles. The van der Waals surface area contributed by atoms with E-state index in [9.17, 15) is 9.59 Å². The molecule has 0 unspecified atom stereocenters. The fourth-order valence-corrected chi connectivity index (χ4v) is 5.22. The number of rotatable bonds is 8. The molecule has 7 nitrogen and oxygen atoms in total. The number of carbonyl (C=O) groups is 1. The van der Waals surface area contributed by atoms with Crippen LogP contribution in [0.15, 0.2) is 52.5 Å². The van der Waals surface area contributed by atoms with Crippen molar-refractivity contribution in [1.29, 1.82) is 0 Å². The van der Waals surface area contributed by atoms with Crippen molar-refractivity contribution in [2.24, 2.45) is 0 Å². The number of ether oxygens (including phenoxy) is 1. The molecule has 1 amide bonds. The van der Waals surface area contributed by atoms with E-state index >= 15 is 0 Å². The van der Waals surface area contributed by atoms with Crippen LogP contribution in [0.1, 0.15) is 26.3 Å². The van der Waals surface area contributed by atoms with Crippen molar-refractivity contribution >= 4 is 49.4 Å². The molecule has 0 atom stereocenters. The van der Waals surface area contributed by atoms with E-state index in [4.69, 9.17) is 9.72 Å². The van der Waals surface area contributed by atoms with Crippen molar-refractivity contribution in [2.45, 2.75) is 38.5 Å². The molecule has 0 saturated carbocycles. The summed E-state index contributed by atoms with van der Waals surface area (Å²) in [5, 5.41) is 4.23. The average Bonchev–Trinajstić information content (AvgIpc) is 3.14. The third-order valence-corrected chi connectivity index (χ3v) is 6.77. The lowest BCUT2D eigenvalue weighted by molar-refractivity contribution is -0.119. The third kappa shape index (κ3) is 4.63. The van der Waals surface area contributed by atoms with Crippen molar-refractivity contribution in [3.63, 3.8) is 0 Å². The fraction of sp³-hybridized carbons (Fsp3) is 0.304. The van der Waals surface area contributed by atoms with E-state index in [1.165, 1.54) is 23.1 Å². The SMILES string of the molecule is CCOc1ccccc1Cn1c(SCC(=O)NC(C)C)nc2c(sc3ncccc32)c1=O. The average molecular weight is 469 g/mol. The number of aromatic nitrogens is 3. The number of nitrogens with one attached hydrogen (secondary N) is 1. The number of para-hydroxylation sites is 1. The predicted molar refractivity (Wildman–Crippen MR) is 130 cm³/mol. The maximum atomic E-state index is 13.6. The molecule has 3 aromatic heterocycles. The number of thioether (sulfide) groups is 1. The molecular formula is C23H24N4O3S2. The first-order chi connectivity index (χ1) is 15.5. The Kier molecular flexibility index (Phi) is 6.76. The van der Waals surface area contributed by atoms with Crippen molar-refractivity contribution in [3.8, 4) is 5.75 Å². The van der Waals surface area contributed by atoms with E-state index in [1.54, 1.807) is 10.8 Å². The van der Waals surface area contributed by atoms with Gasteiger partial charge in [-0.3, -0.25) is 14.2 Å². The van der Waals surface area contributed by atoms with Crippen LogP contribution in [0, 0.1) is 0 Å². The molecule has 0 radical (unpaired) electrons. The number of benzene rings is 1. The van der Waals surface area contributed by atoms with E-state index in [-0.39, 0.29) is 23.3 Å². The summed E-state index contributed by atoms with van der Waals surface area (Å²) in [6.45, 7) is 6.58. The van der Waals surface area contributed by atoms with Crippen LogP contribution in [-0.2, 0) is 11.3 Å². The van der Waals surface area contributed by atoms with Gasteiger partial charge in [0.25, 0.3) is 5.56 Å². The summed E-state index contributed by atoms with van der Waals surface area (Å²) in [5.41, 5.74) is 1.37. The highest BCUT2D eigenvalue weighted by molar-refractivity contribution is 7.99. The lowest BCUT2D eigenvalue weighted by Gasteiger charge is -2.15. The lowest BCUT2D eigenvalue weighted by Crippen LogP contribution is -2.32. The predicted octanol–water partition coefficient (Wildman–Crippen LogP) is 4.07. The smallest absolute Gasteiger partial charge is 0.272 e.